The van der Waals surface area contributed by atoms with Crippen molar-refractivity contribution < 1.29 is 41.4 Å². The zero-order valence-corrected chi connectivity index (χ0v) is 12.7. The molecule has 0 amide bonds. The molecule has 4 nitrogen and oxygen atoms in total. The summed E-state index contributed by atoms with van der Waals surface area (Å²) < 4.78 is 76.8. The topological polar surface area (TPSA) is 69.6 Å². The highest BCUT2D eigenvalue weighted by Crippen LogP contribution is 2.50. The minimum Gasteiger partial charge on any atom is -0.478 e. The van der Waals surface area contributed by atoms with Gasteiger partial charge in [0.05, 0.1) is 5.56 Å². The van der Waals surface area contributed by atoms with Crippen LogP contribution in [0.1, 0.15) is 15.9 Å². The second-order valence-corrected chi connectivity index (χ2v) is 5.29. The summed E-state index contributed by atoms with van der Waals surface area (Å²) in [5.41, 5.74) is -5.84. The summed E-state index contributed by atoms with van der Waals surface area (Å²) in [4.78, 5) is 10.7. The molecule has 0 aliphatic carbocycles. The van der Waals surface area contributed by atoms with Crippen LogP contribution >= 0.6 is 0 Å². The number of rotatable bonds is 4. The molecule has 0 fully saturated rings. The Morgan fingerprint density at radius 3 is 1.50 bits per heavy atom. The summed E-state index contributed by atoms with van der Waals surface area (Å²) in [6, 6.07) is 8.17. The Morgan fingerprint density at radius 1 is 0.769 bits per heavy atom. The zero-order valence-electron chi connectivity index (χ0n) is 12.7. The van der Waals surface area contributed by atoms with Crippen molar-refractivity contribution in [1.82, 2.24) is 0 Å². The molecule has 140 valence electrons. The van der Waals surface area contributed by atoms with Crippen LogP contribution in [0.2, 0.25) is 0 Å². The predicted octanol–water partition coefficient (Wildman–Crippen LogP) is 4.44. The van der Waals surface area contributed by atoms with Crippen molar-refractivity contribution in [3.8, 4) is 0 Å². The molecule has 0 aliphatic heterocycles. The molecule has 0 saturated heterocycles. The van der Waals surface area contributed by atoms with Crippen molar-refractivity contribution in [2.75, 3.05) is 5.32 Å². The molecule has 2 aromatic rings. The van der Waals surface area contributed by atoms with Gasteiger partial charge in [-0.3, -0.25) is 0 Å². The van der Waals surface area contributed by atoms with Crippen LogP contribution in [0, 0.1) is 0 Å². The van der Waals surface area contributed by atoms with Crippen LogP contribution in [0.5, 0.6) is 0 Å². The quantitative estimate of drug-likeness (QED) is 0.687. The van der Waals surface area contributed by atoms with E-state index in [9.17, 15) is 36.2 Å². The van der Waals surface area contributed by atoms with Crippen LogP contribution < -0.4 is 5.32 Å². The van der Waals surface area contributed by atoms with Gasteiger partial charge in [0.15, 0.2) is 0 Å². The summed E-state index contributed by atoms with van der Waals surface area (Å²) >= 11 is 0. The molecular weight excluding hydrogens is 368 g/mol. The smallest absolute Gasteiger partial charge is 0.430 e. The summed E-state index contributed by atoms with van der Waals surface area (Å²) in [6.07, 6.45) is -11.9. The number of halogens is 6. The third-order valence-electron chi connectivity index (χ3n) is 3.54. The minimum absolute atomic E-state index is 0.00585. The molecule has 0 atom stereocenters. The van der Waals surface area contributed by atoms with Gasteiger partial charge in [0.1, 0.15) is 0 Å². The number of carboxylic acid groups (broad SMARTS) is 1. The lowest BCUT2D eigenvalue weighted by Gasteiger charge is -2.32. The first-order chi connectivity index (χ1) is 11.9. The van der Waals surface area contributed by atoms with E-state index in [2.05, 4.69) is 5.32 Å². The number of aromatic carboxylic acids is 1. The Bertz CT molecular complexity index is 768. The number of carbonyl (C=O) groups is 1. The highest BCUT2D eigenvalue weighted by atomic mass is 19.4. The van der Waals surface area contributed by atoms with Gasteiger partial charge >= 0.3 is 18.3 Å². The molecule has 0 aliphatic rings. The molecule has 10 heteroatoms. The number of anilines is 2. The van der Waals surface area contributed by atoms with Gasteiger partial charge in [-0.05, 0) is 36.4 Å². The Kier molecular flexibility index (Phi) is 4.91. The lowest BCUT2D eigenvalue weighted by molar-refractivity contribution is -0.376. The molecule has 0 radical (unpaired) electrons. The van der Waals surface area contributed by atoms with Gasteiger partial charge in [0, 0.05) is 16.9 Å². The number of alkyl halides is 6. The summed E-state index contributed by atoms with van der Waals surface area (Å²) in [5.74, 6) is -1.15. The number of hydrogen-bond donors (Lipinski definition) is 3. The first-order valence-electron chi connectivity index (χ1n) is 6.93. The maximum atomic E-state index is 12.8. The predicted molar refractivity (Wildman–Crippen MR) is 79.1 cm³/mol. The summed E-state index contributed by atoms with van der Waals surface area (Å²) in [7, 11) is 0. The number of carboxylic acids is 1. The maximum absolute atomic E-state index is 12.8. The Morgan fingerprint density at radius 2 is 1.15 bits per heavy atom. The lowest BCUT2D eigenvalue weighted by atomic mass is 9.92. The van der Waals surface area contributed by atoms with Crippen molar-refractivity contribution >= 4 is 17.3 Å². The Hall–Kier alpha value is -2.75. The van der Waals surface area contributed by atoms with Gasteiger partial charge in [-0.15, -0.1) is 0 Å². The first-order valence-corrected chi connectivity index (χ1v) is 6.93. The highest BCUT2D eigenvalue weighted by molar-refractivity contribution is 5.88. The van der Waals surface area contributed by atoms with Crippen LogP contribution in [0.25, 0.3) is 0 Å². The molecule has 0 saturated carbocycles. The molecule has 2 rings (SSSR count). The van der Waals surface area contributed by atoms with Gasteiger partial charge in [-0.2, -0.15) is 26.3 Å². The normalized spacial score (nSPS) is 12.7. The van der Waals surface area contributed by atoms with E-state index >= 15 is 0 Å². The van der Waals surface area contributed by atoms with Crippen molar-refractivity contribution in [2.24, 2.45) is 0 Å². The first kappa shape index (κ1) is 19.6. The van der Waals surface area contributed by atoms with Crippen LogP contribution in [-0.2, 0) is 5.60 Å². The third kappa shape index (κ3) is 3.59. The summed E-state index contributed by atoms with van der Waals surface area (Å²) in [6.45, 7) is 0. The molecule has 0 spiro atoms. The SMILES string of the molecule is O=C(O)c1ccc(Nc2ccc(C(O)(C(F)(F)F)C(F)(F)F)cc2)cc1. The largest absolute Gasteiger partial charge is 0.478 e. The van der Waals surface area contributed by atoms with Gasteiger partial charge in [-0.25, -0.2) is 4.79 Å². The molecule has 2 aromatic carbocycles. The molecule has 0 heterocycles. The van der Waals surface area contributed by atoms with E-state index in [4.69, 9.17) is 5.11 Å². The fourth-order valence-corrected chi connectivity index (χ4v) is 2.15. The van der Waals surface area contributed by atoms with Gasteiger partial charge in [0.25, 0.3) is 5.60 Å². The van der Waals surface area contributed by atoms with E-state index in [1.807, 2.05) is 0 Å². The van der Waals surface area contributed by atoms with Crippen molar-refractivity contribution in [1.29, 1.82) is 0 Å². The highest BCUT2D eigenvalue weighted by Gasteiger charge is 2.71. The third-order valence-corrected chi connectivity index (χ3v) is 3.54. The average molecular weight is 379 g/mol. The van der Waals surface area contributed by atoms with E-state index in [-0.39, 0.29) is 11.3 Å². The van der Waals surface area contributed by atoms with Gasteiger partial charge in [-0.1, -0.05) is 12.1 Å². The fraction of sp³-hybridized carbons (Fsp3) is 0.188. The molecule has 0 unspecified atom stereocenters. The van der Waals surface area contributed by atoms with E-state index in [0.29, 0.717) is 17.8 Å². The number of benzene rings is 2. The second kappa shape index (κ2) is 6.52. The number of nitrogens with one attached hydrogen (secondary N) is 1. The van der Waals surface area contributed by atoms with E-state index in [1.165, 1.54) is 24.3 Å². The maximum Gasteiger partial charge on any atom is 0.430 e. The Labute approximate surface area is 142 Å². The van der Waals surface area contributed by atoms with Crippen molar-refractivity contribution in [2.45, 2.75) is 18.0 Å². The average Bonchev–Trinajstić information content (AvgIpc) is 2.53. The van der Waals surface area contributed by atoms with E-state index < -0.39 is 29.5 Å². The Balaban J connectivity index is 2.28. The standard InChI is InChI=1S/C16H11F6NO3/c17-15(18,19)14(26,16(20,21)22)10-3-7-12(8-4-10)23-11-5-1-9(2-6-11)13(24)25/h1-8,23,26H,(H,24,25). The van der Waals surface area contributed by atoms with Crippen molar-refractivity contribution in [3.63, 3.8) is 0 Å². The molecule has 3 N–H and O–H groups in total. The zero-order chi connectivity index (χ0) is 19.8. The van der Waals surface area contributed by atoms with Crippen LogP contribution in [0.4, 0.5) is 37.7 Å². The monoisotopic (exact) mass is 379 g/mol. The molecular formula is C16H11F6NO3. The fourth-order valence-electron chi connectivity index (χ4n) is 2.15. The van der Waals surface area contributed by atoms with Crippen LogP contribution in [0.3, 0.4) is 0 Å². The lowest BCUT2D eigenvalue weighted by Crippen LogP contribution is -2.53. The second-order valence-electron chi connectivity index (χ2n) is 5.29. The summed E-state index contributed by atoms with van der Waals surface area (Å²) in [5, 5.41) is 20.8. The van der Waals surface area contributed by atoms with Gasteiger partial charge < -0.3 is 15.5 Å². The number of hydrogen-bond acceptors (Lipinski definition) is 3. The van der Waals surface area contributed by atoms with Crippen molar-refractivity contribution in [3.05, 3.63) is 59.7 Å². The van der Waals surface area contributed by atoms with Gasteiger partial charge in [0.2, 0.25) is 0 Å². The molecule has 0 aromatic heterocycles. The number of aliphatic hydroxyl groups is 1. The van der Waals surface area contributed by atoms with E-state index in [0.717, 1.165) is 12.1 Å². The molecule has 26 heavy (non-hydrogen) atoms. The van der Waals surface area contributed by atoms with Crippen LogP contribution in [0.15, 0.2) is 48.5 Å². The minimum atomic E-state index is -5.95. The van der Waals surface area contributed by atoms with E-state index in [1.54, 1.807) is 0 Å². The van der Waals surface area contributed by atoms with Crippen LogP contribution in [-0.4, -0.2) is 28.5 Å². The molecule has 0 bridgehead atoms.